The van der Waals surface area contributed by atoms with E-state index < -0.39 is 10.0 Å². The normalized spacial score (nSPS) is 17.0. The molecule has 0 unspecified atom stereocenters. The maximum Gasteiger partial charge on any atom is 0.253 e. The first-order valence-corrected chi connectivity index (χ1v) is 10.2. The Labute approximate surface area is 148 Å². The second-order valence-electron chi connectivity index (χ2n) is 6.42. The number of aromatic nitrogens is 2. The van der Waals surface area contributed by atoms with E-state index in [1.54, 1.807) is 17.3 Å². The second kappa shape index (κ2) is 7.13. The van der Waals surface area contributed by atoms with Crippen molar-refractivity contribution in [1.29, 1.82) is 0 Å². The molecular weight excluding hydrogens is 340 g/mol. The molecule has 3 rings (SSSR count). The molecule has 8 heteroatoms. The lowest BCUT2D eigenvalue weighted by Crippen LogP contribution is -2.38. The SMILES string of the molecule is CCCS(=O)(=O)N1CCCN(C(=O)c2ccc3c(c2)ncn3C)CC1. The summed E-state index contributed by atoms with van der Waals surface area (Å²) in [6, 6.07) is 5.50. The van der Waals surface area contributed by atoms with Gasteiger partial charge in [-0.25, -0.2) is 17.7 Å². The van der Waals surface area contributed by atoms with Crippen molar-refractivity contribution in [2.45, 2.75) is 19.8 Å². The van der Waals surface area contributed by atoms with Crippen LogP contribution in [0.2, 0.25) is 0 Å². The summed E-state index contributed by atoms with van der Waals surface area (Å²) < 4.78 is 27.9. The fraction of sp³-hybridized carbons (Fsp3) is 0.529. The highest BCUT2D eigenvalue weighted by molar-refractivity contribution is 7.89. The molecule has 1 amide bonds. The molecule has 1 aliphatic rings. The number of hydrogen-bond acceptors (Lipinski definition) is 4. The zero-order chi connectivity index (χ0) is 18.0. The molecule has 0 saturated carbocycles. The number of rotatable bonds is 4. The van der Waals surface area contributed by atoms with Crippen LogP contribution in [0.1, 0.15) is 30.1 Å². The first-order chi connectivity index (χ1) is 11.9. The molecule has 0 aliphatic carbocycles. The topological polar surface area (TPSA) is 75.5 Å². The molecule has 1 aromatic heterocycles. The minimum Gasteiger partial charge on any atom is -0.337 e. The fourth-order valence-corrected chi connectivity index (χ4v) is 4.75. The third-order valence-electron chi connectivity index (χ3n) is 4.57. The molecule has 0 N–H and O–H groups in total. The van der Waals surface area contributed by atoms with Gasteiger partial charge in [0, 0.05) is 38.8 Å². The number of imidazole rings is 1. The highest BCUT2D eigenvalue weighted by Crippen LogP contribution is 2.17. The zero-order valence-corrected chi connectivity index (χ0v) is 15.5. The molecule has 2 heterocycles. The lowest BCUT2D eigenvalue weighted by Gasteiger charge is -2.22. The van der Waals surface area contributed by atoms with Crippen molar-refractivity contribution in [2.24, 2.45) is 7.05 Å². The van der Waals surface area contributed by atoms with E-state index in [0.717, 1.165) is 11.0 Å². The van der Waals surface area contributed by atoms with Crippen LogP contribution in [0.4, 0.5) is 0 Å². The van der Waals surface area contributed by atoms with Crippen LogP contribution in [0.5, 0.6) is 0 Å². The summed E-state index contributed by atoms with van der Waals surface area (Å²) in [6.45, 7) is 3.68. The Hall–Kier alpha value is -1.93. The van der Waals surface area contributed by atoms with E-state index in [4.69, 9.17) is 0 Å². The van der Waals surface area contributed by atoms with Gasteiger partial charge in [0.05, 0.1) is 23.1 Å². The number of aryl methyl sites for hydroxylation is 1. The average molecular weight is 364 g/mol. The van der Waals surface area contributed by atoms with Gasteiger partial charge in [0.25, 0.3) is 5.91 Å². The number of carbonyl (C=O) groups is 1. The lowest BCUT2D eigenvalue weighted by molar-refractivity contribution is 0.0764. The third-order valence-corrected chi connectivity index (χ3v) is 6.65. The summed E-state index contributed by atoms with van der Waals surface area (Å²) in [5, 5.41) is 0. The number of benzene rings is 1. The van der Waals surface area contributed by atoms with Gasteiger partial charge in [-0.05, 0) is 31.0 Å². The average Bonchev–Trinajstić information content (AvgIpc) is 2.80. The van der Waals surface area contributed by atoms with Crippen molar-refractivity contribution in [2.75, 3.05) is 31.9 Å². The van der Waals surface area contributed by atoms with Gasteiger partial charge < -0.3 is 9.47 Å². The number of fused-ring (bicyclic) bond motifs is 1. The van der Waals surface area contributed by atoms with Crippen molar-refractivity contribution < 1.29 is 13.2 Å². The molecule has 1 aliphatic heterocycles. The van der Waals surface area contributed by atoms with Crippen LogP contribution >= 0.6 is 0 Å². The standard InChI is InChI=1S/C17H24N4O3S/c1-3-11-25(23,24)21-8-4-7-20(9-10-21)17(22)14-5-6-16-15(12-14)18-13-19(16)2/h5-6,12-13H,3-4,7-11H2,1-2H3. The maximum atomic E-state index is 12.8. The van der Waals surface area contributed by atoms with E-state index >= 15 is 0 Å². The monoisotopic (exact) mass is 364 g/mol. The van der Waals surface area contributed by atoms with Crippen molar-refractivity contribution in [3.63, 3.8) is 0 Å². The van der Waals surface area contributed by atoms with Crippen LogP contribution in [0.15, 0.2) is 24.5 Å². The molecule has 0 bridgehead atoms. The smallest absolute Gasteiger partial charge is 0.253 e. The van der Waals surface area contributed by atoms with Crippen LogP contribution in [-0.2, 0) is 17.1 Å². The summed E-state index contributed by atoms with van der Waals surface area (Å²) in [6.07, 6.45) is 2.98. The van der Waals surface area contributed by atoms with E-state index in [1.165, 1.54) is 4.31 Å². The van der Waals surface area contributed by atoms with Gasteiger partial charge in [0.2, 0.25) is 10.0 Å². The summed E-state index contributed by atoms with van der Waals surface area (Å²) in [7, 11) is -1.30. The van der Waals surface area contributed by atoms with Gasteiger partial charge in [-0.1, -0.05) is 6.92 Å². The van der Waals surface area contributed by atoms with Gasteiger partial charge in [0.15, 0.2) is 0 Å². The predicted octanol–water partition coefficient (Wildman–Crippen LogP) is 1.46. The van der Waals surface area contributed by atoms with E-state index in [-0.39, 0.29) is 11.7 Å². The van der Waals surface area contributed by atoms with Gasteiger partial charge in [-0.2, -0.15) is 0 Å². The summed E-state index contributed by atoms with van der Waals surface area (Å²) in [5.74, 6) is 0.0967. The molecule has 1 saturated heterocycles. The lowest BCUT2D eigenvalue weighted by atomic mass is 10.1. The predicted molar refractivity (Wildman–Crippen MR) is 96.9 cm³/mol. The molecule has 1 aromatic carbocycles. The van der Waals surface area contributed by atoms with E-state index in [2.05, 4.69) is 4.98 Å². The molecule has 1 fully saturated rings. The second-order valence-corrected chi connectivity index (χ2v) is 8.51. The number of sulfonamides is 1. The van der Waals surface area contributed by atoms with Crippen LogP contribution in [0.25, 0.3) is 11.0 Å². The fourth-order valence-electron chi connectivity index (χ4n) is 3.21. The first kappa shape index (κ1) is 17.9. The van der Waals surface area contributed by atoms with Crippen molar-refractivity contribution in [1.82, 2.24) is 18.8 Å². The van der Waals surface area contributed by atoms with Crippen LogP contribution in [-0.4, -0.2) is 65.0 Å². The molecule has 0 spiro atoms. The third kappa shape index (κ3) is 3.69. The Kier molecular flexibility index (Phi) is 5.10. The Morgan fingerprint density at radius 1 is 1.20 bits per heavy atom. The van der Waals surface area contributed by atoms with Gasteiger partial charge in [0.1, 0.15) is 0 Å². The Morgan fingerprint density at radius 3 is 2.76 bits per heavy atom. The molecule has 25 heavy (non-hydrogen) atoms. The molecule has 136 valence electrons. The largest absolute Gasteiger partial charge is 0.337 e. The van der Waals surface area contributed by atoms with Gasteiger partial charge >= 0.3 is 0 Å². The van der Waals surface area contributed by atoms with E-state index in [1.807, 2.05) is 30.7 Å². The van der Waals surface area contributed by atoms with E-state index in [0.29, 0.717) is 44.6 Å². The molecule has 0 atom stereocenters. The maximum absolute atomic E-state index is 12.8. The first-order valence-electron chi connectivity index (χ1n) is 8.60. The Balaban J connectivity index is 1.74. The quantitative estimate of drug-likeness (QED) is 0.823. The van der Waals surface area contributed by atoms with Crippen molar-refractivity contribution >= 4 is 27.0 Å². The highest BCUT2D eigenvalue weighted by atomic mass is 32.2. The summed E-state index contributed by atoms with van der Waals surface area (Å²) in [5.41, 5.74) is 2.36. The molecule has 0 radical (unpaired) electrons. The van der Waals surface area contributed by atoms with Crippen LogP contribution < -0.4 is 0 Å². The van der Waals surface area contributed by atoms with Crippen LogP contribution in [0, 0.1) is 0 Å². The Bertz CT molecular complexity index is 875. The molecular formula is C17H24N4O3S. The number of carbonyl (C=O) groups excluding carboxylic acids is 1. The number of hydrogen-bond donors (Lipinski definition) is 0. The van der Waals surface area contributed by atoms with Crippen LogP contribution in [0.3, 0.4) is 0 Å². The molecule has 7 nitrogen and oxygen atoms in total. The summed E-state index contributed by atoms with van der Waals surface area (Å²) in [4.78, 5) is 18.8. The highest BCUT2D eigenvalue weighted by Gasteiger charge is 2.26. The molecule has 2 aromatic rings. The van der Waals surface area contributed by atoms with Gasteiger partial charge in [-0.15, -0.1) is 0 Å². The Morgan fingerprint density at radius 2 is 2.00 bits per heavy atom. The zero-order valence-electron chi connectivity index (χ0n) is 14.7. The number of nitrogens with zero attached hydrogens (tertiary/aromatic N) is 4. The van der Waals surface area contributed by atoms with E-state index in [9.17, 15) is 13.2 Å². The van der Waals surface area contributed by atoms with Gasteiger partial charge in [-0.3, -0.25) is 4.79 Å². The summed E-state index contributed by atoms with van der Waals surface area (Å²) >= 11 is 0. The number of amides is 1. The van der Waals surface area contributed by atoms with Crippen molar-refractivity contribution in [3.05, 3.63) is 30.1 Å². The minimum atomic E-state index is -3.21. The van der Waals surface area contributed by atoms with Crippen molar-refractivity contribution in [3.8, 4) is 0 Å². The minimum absolute atomic E-state index is 0.0673.